The lowest BCUT2D eigenvalue weighted by molar-refractivity contribution is -0.137. The van der Waals surface area contributed by atoms with E-state index in [1.807, 2.05) is 29.2 Å². The fourth-order valence-electron chi connectivity index (χ4n) is 5.20. The number of aliphatic hydroxyl groups is 1. The number of benzene rings is 2. The first-order valence-corrected chi connectivity index (χ1v) is 13.8. The summed E-state index contributed by atoms with van der Waals surface area (Å²) in [4.78, 5) is 6.37. The van der Waals surface area contributed by atoms with Crippen LogP contribution in [0, 0.1) is 0 Å². The summed E-state index contributed by atoms with van der Waals surface area (Å²) in [6.45, 7) is 5.51. The minimum absolute atomic E-state index is 0.529. The van der Waals surface area contributed by atoms with Crippen LogP contribution >= 0.6 is 11.8 Å². The number of hydrogen-bond donors (Lipinski definition) is 1. The Labute approximate surface area is 211 Å². The molecule has 1 N–H and O–H groups in total. The van der Waals surface area contributed by atoms with Crippen molar-refractivity contribution >= 4 is 23.1 Å². The van der Waals surface area contributed by atoms with Crippen molar-refractivity contribution in [2.24, 2.45) is 0 Å². The fourth-order valence-corrected chi connectivity index (χ4v) is 6.28. The summed E-state index contributed by atoms with van der Waals surface area (Å²) in [6, 6.07) is 12.0. The molecule has 0 aliphatic carbocycles. The molecule has 0 amide bonds. The van der Waals surface area contributed by atoms with E-state index in [1.54, 1.807) is 6.07 Å². The number of hydrogen-bond acceptors (Lipinski definition) is 4. The fraction of sp³-hybridized carbons (Fsp3) is 0.571. The van der Waals surface area contributed by atoms with Crippen LogP contribution in [0.5, 0.6) is 0 Å². The van der Waals surface area contributed by atoms with Crippen molar-refractivity contribution in [1.29, 1.82) is 0 Å². The number of anilines is 2. The van der Waals surface area contributed by atoms with Crippen LogP contribution < -0.4 is 4.90 Å². The summed E-state index contributed by atoms with van der Waals surface area (Å²) in [6.07, 6.45) is 5.06. The number of rotatable bonds is 10. The van der Waals surface area contributed by atoms with E-state index < -0.39 is 17.3 Å². The molecule has 3 nitrogen and oxygen atoms in total. The molecule has 2 aromatic rings. The third kappa shape index (κ3) is 6.75. The first-order valence-electron chi connectivity index (χ1n) is 13.0. The van der Waals surface area contributed by atoms with E-state index >= 15 is 0 Å². The second kappa shape index (κ2) is 11.6. The van der Waals surface area contributed by atoms with Crippen LogP contribution in [0.15, 0.2) is 52.3 Å². The van der Waals surface area contributed by atoms with Crippen molar-refractivity contribution in [3.63, 3.8) is 0 Å². The highest BCUT2D eigenvalue weighted by molar-refractivity contribution is 7.99. The smallest absolute Gasteiger partial charge is 0.390 e. The molecule has 2 aromatic carbocycles. The van der Waals surface area contributed by atoms with Gasteiger partial charge in [0, 0.05) is 29.4 Å². The van der Waals surface area contributed by atoms with Gasteiger partial charge in [0.25, 0.3) is 0 Å². The van der Waals surface area contributed by atoms with Gasteiger partial charge in [-0.05, 0) is 62.6 Å². The van der Waals surface area contributed by atoms with Gasteiger partial charge in [-0.15, -0.1) is 0 Å². The summed E-state index contributed by atoms with van der Waals surface area (Å²) in [7, 11) is 0. The highest BCUT2D eigenvalue weighted by atomic mass is 32.2. The van der Waals surface area contributed by atoms with Crippen molar-refractivity contribution in [2.45, 2.75) is 86.3 Å². The Hall–Kier alpha value is -1.70. The third-order valence-electron chi connectivity index (χ3n) is 7.34. The van der Waals surface area contributed by atoms with Gasteiger partial charge in [0.15, 0.2) is 0 Å². The molecule has 0 saturated carbocycles. The number of alkyl halides is 3. The third-order valence-corrected chi connectivity index (χ3v) is 8.47. The second-order valence-electron chi connectivity index (χ2n) is 9.99. The van der Waals surface area contributed by atoms with E-state index in [9.17, 15) is 18.3 Å². The van der Waals surface area contributed by atoms with Crippen LogP contribution in [0.3, 0.4) is 0 Å². The summed E-state index contributed by atoms with van der Waals surface area (Å²) < 4.78 is 40.3. The molecule has 192 valence electrons. The Morgan fingerprint density at radius 3 is 2.34 bits per heavy atom. The van der Waals surface area contributed by atoms with Crippen LogP contribution in [0.1, 0.15) is 70.3 Å². The first kappa shape index (κ1) is 26.4. The van der Waals surface area contributed by atoms with Gasteiger partial charge >= 0.3 is 6.18 Å². The van der Waals surface area contributed by atoms with Gasteiger partial charge in [-0.25, -0.2) is 0 Å². The Balaban J connectivity index is 1.34. The van der Waals surface area contributed by atoms with Gasteiger partial charge in [0.2, 0.25) is 0 Å². The predicted molar refractivity (Wildman–Crippen MR) is 138 cm³/mol. The first-order chi connectivity index (χ1) is 16.8. The van der Waals surface area contributed by atoms with Crippen molar-refractivity contribution in [3.05, 3.63) is 48.0 Å². The van der Waals surface area contributed by atoms with Gasteiger partial charge in [0.1, 0.15) is 0 Å². The van der Waals surface area contributed by atoms with Gasteiger partial charge in [-0.3, -0.25) is 0 Å². The zero-order valence-corrected chi connectivity index (χ0v) is 21.4. The van der Waals surface area contributed by atoms with Gasteiger partial charge in [0.05, 0.1) is 22.5 Å². The Morgan fingerprint density at radius 1 is 0.886 bits per heavy atom. The number of piperidine rings is 1. The van der Waals surface area contributed by atoms with Crippen molar-refractivity contribution in [1.82, 2.24) is 4.90 Å². The van der Waals surface area contributed by atoms with Crippen LogP contribution in [-0.2, 0) is 6.18 Å². The molecule has 1 fully saturated rings. The van der Waals surface area contributed by atoms with Crippen LogP contribution in [0.4, 0.5) is 24.5 Å². The zero-order valence-electron chi connectivity index (χ0n) is 20.6. The maximum atomic E-state index is 13.4. The van der Waals surface area contributed by atoms with E-state index in [1.165, 1.54) is 49.6 Å². The highest BCUT2D eigenvalue weighted by Crippen LogP contribution is 2.49. The Kier molecular flexibility index (Phi) is 8.71. The van der Waals surface area contributed by atoms with Crippen LogP contribution in [0.2, 0.25) is 0 Å². The maximum Gasteiger partial charge on any atom is 0.416 e. The molecule has 2 heterocycles. The average molecular weight is 507 g/mol. The lowest BCUT2D eigenvalue weighted by Gasteiger charge is -2.39. The number of likely N-dealkylation sites (tertiary alicyclic amines) is 1. The molecular formula is C28H37F3N2OS. The molecular weight excluding hydrogens is 469 g/mol. The molecule has 0 spiro atoms. The predicted octanol–water partition coefficient (Wildman–Crippen LogP) is 7.89. The quantitative estimate of drug-likeness (QED) is 0.332. The number of fused-ring (bicyclic) bond motifs is 2. The summed E-state index contributed by atoms with van der Waals surface area (Å²) in [5.74, 6) is 0. The van der Waals surface area contributed by atoms with Crippen LogP contribution in [-0.4, -0.2) is 41.8 Å². The molecule has 7 heteroatoms. The van der Waals surface area contributed by atoms with Gasteiger partial charge in [-0.1, -0.05) is 62.9 Å². The normalized spacial score (nSPS) is 17.8. The molecule has 0 atom stereocenters. The Morgan fingerprint density at radius 2 is 1.60 bits per heavy atom. The van der Waals surface area contributed by atoms with Gasteiger partial charge in [-0.2, -0.15) is 13.2 Å². The standard InChI is InChI=1S/C28H37F3N2OS/c1-2-3-4-5-8-14-27(34)15-19-32(20-16-27)17-9-18-33-23-10-6-7-11-25(23)35-26-13-12-22(21-24(26)33)28(29,30)31/h6-7,10-13,21,34H,2-5,8-9,14-20H2,1H3. The van der Waals surface area contributed by atoms with Crippen molar-refractivity contribution in [2.75, 3.05) is 31.1 Å². The number of para-hydroxylation sites is 1. The molecule has 35 heavy (non-hydrogen) atoms. The molecule has 4 rings (SSSR count). The van der Waals surface area contributed by atoms with E-state index in [2.05, 4.69) is 11.8 Å². The maximum absolute atomic E-state index is 13.4. The van der Waals surface area contributed by atoms with Crippen molar-refractivity contribution < 1.29 is 18.3 Å². The SMILES string of the molecule is CCCCCCCC1(O)CCN(CCCN2c3ccccc3Sc3ccc(C(F)(F)F)cc32)CC1. The second-order valence-corrected chi connectivity index (χ2v) is 11.1. The summed E-state index contributed by atoms with van der Waals surface area (Å²) in [5, 5.41) is 11.0. The molecule has 0 radical (unpaired) electrons. The lowest BCUT2D eigenvalue weighted by atomic mass is 9.86. The van der Waals surface area contributed by atoms with E-state index in [0.29, 0.717) is 12.2 Å². The molecule has 2 aliphatic rings. The van der Waals surface area contributed by atoms with E-state index in [4.69, 9.17) is 0 Å². The molecule has 0 aromatic heterocycles. The topological polar surface area (TPSA) is 26.7 Å². The minimum Gasteiger partial charge on any atom is -0.390 e. The summed E-state index contributed by atoms with van der Waals surface area (Å²) in [5.41, 5.74) is 0.477. The Bertz CT molecular complexity index is 973. The number of unbranched alkanes of at least 4 members (excludes halogenated alkanes) is 4. The van der Waals surface area contributed by atoms with Gasteiger partial charge < -0.3 is 14.9 Å². The molecule has 0 bridgehead atoms. The van der Waals surface area contributed by atoms with Crippen molar-refractivity contribution in [3.8, 4) is 0 Å². The number of nitrogens with zero attached hydrogens (tertiary/aromatic N) is 2. The molecule has 1 saturated heterocycles. The lowest BCUT2D eigenvalue weighted by Crippen LogP contribution is -2.45. The summed E-state index contributed by atoms with van der Waals surface area (Å²) >= 11 is 1.53. The van der Waals surface area contributed by atoms with Crippen LogP contribution in [0.25, 0.3) is 0 Å². The van der Waals surface area contributed by atoms with E-state index in [0.717, 1.165) is 67.2 Å². The highest BCUT2D eigenvalue weighted by Gasteiger charge is 2.34. The average Bonchev–Trinajstić information content (AvgIpc) is 2.84. The number of halogens is 3. The molecule has 0 unspecified atom stereocenters. The monoisotopic (exact) mass is 506 g/mol. The largest absolute Gasteiger partial charge is 0.416 e. The minimum atomic E-state index is -4.36. The molecule has 2 aliphatic heterocycles. The zero-order chi connectivity index (χ0) is 24.9. The van der Waals surface area contributed by atoms with E-state index in [-0.39, 0.29) is 0 Å².